The molecule has 0 unspecified atom stereocenters. The molecule has 104 valence electrons. The summed E-state index contributed by atoms with van der Waals surface area (Å²) < 4.78 is 27.2. The quantitative estimate of drug-likeness (QED) is 0.307. The van der Waals surface area contributed by atoms with Gasteiger partial charge in [0.15, 0.2) is 0 Å². The number of methoxy groups -OCH3 is 1. The van der Waals surface area contributed by atoms with Gasteiger partial charge in [-0.1, -0.05) is 0 Å². The van der Waals surface area contributed by atoms with Crippen LogP contribution in [0.15, 0.2) is 0 Å². The van der Waals surface area contributed by atoms with E-state index in [9.17, 15) is 0 Å². The van der Waals surface area contributed by atoms with Gasteiger partial charge in [0, 0.05) is 39.6 Å². The van der Waals surface area contributed by atoms with Crippen molar-refractivity contribution < 1.29 is 22.8 Å². The van der Waals surface area contributed by atoms with E-state index in [2.05, 4.69) is 0 Å². The second-order valence-electron chi connectivity index (χ2n) is 3.40. The molecule has 0 saturated carbocycles. The second-order valence-corrected chi connectivity index (χ2v) is 6.13. The molecule has 5 nitrogen and oxygen atoms in total. The van der Waals surface area contributed by atoms with Crippen molar-refractivity contribution in [3.05, 3.63) is 0 Å². The van der Waals surface area contributed by atoms with Crippen molar-refractivity contribution >= 4 is 8.80 Å². The molecule has 0 spiro atoms. The van der Waals surface area contributed by atoms with Crippen LogP contribution in [-0.2, 0) is 22.8 Å². The van der Waals surface area contributed by atoms with Gasteiger partial charge in [0.2, 0.25) is 0 Å². The molecule has 0 aliphatic rings. The van der Waals surface area contributed by atoms with Crippen LogP contribution in [0, 0.1) is 0 Å². The average molecular weight is 266 g/mol. The first kappa shape index (κ1) is 17.0. The Bertz CT molecular complexity index is 151. The second kappa shape index (κ2) is 11.1. The van der Waals surface area contributed by atoms with E-state index >= 15 is 0 Å². The third-order valence-electron chi connectivity index (χ3n) is 2.07. The highest BCUT2D eigenvalue weighted by atomic mass is 28.4. The molecular formula is C11H26O5Si. The lowest BCUT2D eigenvalue weighted by molar-refractivity contribution is -0.0316. The number of rotatable bonds is 12. The van der Waals surface area contributed by atoms with Crippen molar-refractivity contribution in [2.75, 3.05) is 40.3 Å². The van der Waals surface area contributed by atoms with E-state index in [0.717, 1.165) is 12.5 Å². The fraction of sp³-hybridized carbons (Fsp3) is 1.00. The van der Waals surface area contributed by atoms with Crippen LogP contribution in [0.4, 0.5) is 0 Å². The molecule has 0 fully saturated rings. The summed E-state index contributed by atoms with van der Waals surface area (Å²) in [7, 11) is -0.866. The molecule has 0 saturated heterocycles. The molecule has 0 aromatic rings. The zero-order valence-corrected chi connectivity index (χ0v) is 12.5. The number of ether oxygens (including phenoxy) is 2. The third-order valence-corrected chi connectivity index (χ3v) is 5.22. The van der Waals surface area contributed by atoms with Crippen LogP contribution in [0.5, 0.6) is 0 Å². The van der Waals surface area contributed by atoms with Gasteiger partial charge >= 0.3 is 8.80 Å². The van der Waals surface area contributed by atoms with E-state index in [1.54, 1.807) is 7.11 Å². The highest BCUT2D eigenvalue weighted by molar-refractivity contribution is 6.60. The Labute approximate surface area is 106 Å². The Morgan fingerprint density at radius 2 is 1.41 bits per heavy atom. The van der Waals surface area contributed by atoms with Crippen molar-refractivity contribution in [3.63, 3.8) is 0 Å². The molecule has 0 amide bonds. The van der Waals surface area contributed by atoms with Crippen LogP contribution in [-0.4, -0.2) is 49.1 Å². The lowest BCUT2D eigenvalue weighted by Crippen LogP contribution is -2.46. The molecule has 0 aromatic carbocycles. The molecule has 0 aliphatic carbocycles. The number of hydrogen-bond donors (Lipinski definition) is 0. The Hall–Kier alpha value is 0.0169. The van der Waals surface area contributed by atoms with Crippen molar-refractivity contribution in [1.82, 2.24) is 0 Å². The van der Waals surface area contributed by atoms with Gasteiger partial charge in [0.25, 0.3) is 0 Å². The van der Waals surface area contributed by atoms with E-state index < -0.39 is 8.80 Å². The topological polar surface area (TPSA) is 46.2 Å². The summed E-state index contributed by atoms with van der Waals surface area (Å²) in [6.07, 6.45) is 0.857. The molecule has 0 aliphatic heterocycles. The van der Waals surface area contributed by atoms with Crippen molar-refractivity contribution in [1.29, 1.82) is 0 Å². The van der Waals surface area contributed by atoms with E-state index in [-0.39, 0.29) is 0 Å². The summed E-state index contributed by atoms with van der Waals surface area (Å²) >= 11 is 0. The van der Waals surface area contributed by atoms with Gasteiger partial charge in [0.1, 0.15) is 6.79 Å². The van der Waals surface area contributed by atoms with Gasteiger partial charge in [-0.25, -0.2) is 0 Å². The summed E-state index contributed by atoms with van der Waals surface area (Å²) in [4.78, 5) is 0. The first-order valence-corrected chi connectivity index (χ1v) is 8.16. The minimum atomic E-state index is -2.48. The monoisotopic (exact) mass is 266 g/mol. The minimum absolute atomic E-state index is 0.326. The predicted octanol–water partition coefficient (Wildman–Crippen LogP) is 2.05. The van der Waals surface area contributed by atoms with Crippen LogP contribution < -0.4 is 0 Å². The summed E-state index contributed by atoms with van der Waals surface area (Å²) in [6.45, 7) is 8.69. The van der Waals surface area contributed by atoms with Crippen LogP contribution in [0.25, 0.3) is 0 Å². The van der Waals surface area contributed by atoms with E-state index in [4.69, 9.17) is 22.8 Å². The highest BCUT2D eigenvalue weighted by Crippen LogP contribution is 2.18. The molecule has 0 N–H and O–H groups in total. The van der Waals surface area contributed by atoms with Crippen molar-refractivity contribution in [2.45, 2.75) is 33.2 Å². The first-order chi connectivity index (χ1) is 8.24. The molecule has 17 heavy (non-hydrogen) atoms. The Kier molecular flexibility index (Phi) is 11.1. The van der Waals surface area contributed by atoms with Crippen LogP contribution >= 0.6 is 0 Å². The minimum Gasteiger partial charge on any atom is -0.374 e. The summed E-state index contributed by atoms with van der Waals surface area (Å²) in [5.41, 5.74) is 0. The molecule has 0 rings (SSSR count). The van der Waals surface area contributed by atoms with Crippen LogP contribution in [0.3, 0.4) is 0 Å². The fourth-order valence-electron chi connectivity index (χ4n) is 1.53. The zero-order valence-electron chi connectivity index (χ0n) is 11.5. The van der Waals surface area contributed by atoms with Crippen LogP contribution in [0.2, 0.25) is 6.04 Å². The van der Waals surface area contributed by atoms with Gasteiger partial charge in [-0.15, -0.1) is 0 Å². The molecular weight excluding hydrogens is 240 g/mol. The van der Waals surface area contributed by atoms with E-state index in [1.165, 1.54) is 0 Å². The standard InChI is InChI=1S/C11H26O5Si/c1-5-14-17(15-6-2,16-7-3)10-8-9-13-11-12-4/h5-11H2,1-4H3. The Morgan fingerprint density at radius 3 is 1.82 bits per heavy atom. The van der Waals surface area contributed by atoms with Gasteiger partial charge < -0.3 is 22.8 Å². The average Bonchev–Trinajstić information content (AvgIpc) is 2.30. The molecule has 0 atom stereocenters. The van der Waals surface area contributed by atoms with Gasteiger partial charge in [-0.2, -0.15) is 0 Å². The third kappa shape index (κ3) is 7.85. The molecule has 0 heterocycles. The van der Waals surface area contributed by atoms with Crippen LogP contribution in [0.1, 0.15) is 27.2 Å². The van der Waals surface area contributed by atoms with Crippen molar-refractivity contribution in [3.8, 4) is 0 Å². The molecule has 0 radical (unpaired) electrons. The lowest BCUT2D eigenvalue weighted by Gasteiger charge is -2.28. The normalized spacial score (nSPS) is 12.0. The summed E-state index contributed by atoms with van der Waals surface area (Å²) in [6, 6.07) is 0.784. The largest absolute Gasteiger partial charge is 0.501 e. The fourth-order valence-corrected chi connectivity index (χ4v) is 4.11. The SMILES string of the molecule is CCO[Si](CCCOCOC)(OCC)OCC. The van der Waals surface area contributed by atoms with Gasteiger partial charge in [-0.05, 0) is 27.2 Å². The Morgan fingerprint density at radius 1 is 0.882 bits per heavy atom. The predicted molar refractivity (Wildman–Crippen MR) is 67.9 cm³/mol. The zero-order chi connectivity index (χ0) is 13.0. The van der Waals surface area contributed by atoms with Gasteiger partial charge in [-0.3, -0.25) is 0 Å². The lowest BCUT2D eigenvalue weighted by atomic mass is 10.5. The molecule has 0 bridgehead atoms. The van der Waals surface area contributed by atoms with Crippen molar-refractivity contribution in [2.24, 2.45) is 0 Å². The molecule has 0 aromatic heterocycles. The van der Waals surface area contributed by atoms with E-state index in [0.29, 0.717) is 33.2 Å². The summed E-state index contributed by atoms with van der Waals surface area (Å²) in [5, 5.41) is 0. The molecule has 6 heteroatoms. The maximum absolute atomic E-state index is 5.72. The maximum Gasteiger partial charge on any atom is 0.501 e. The number of hydrogen-bond acceptors (Lipinski definition) is 5. The highest BCUT2D eigenvalue weighted by Gasteiger charge is 2.39. The smallest absolute Gasteiger partial charge is 0.374 e. The summed E-state index contributed by atoms with van der Waals surface area (Å²) in [5.74, 6) is 0. The van der Waals surface area contributed by atoms with Gasteiger partial charge in [0.05, 0.1) is 0 Å². The first-order valence-electron chi connectivity index (χ1n) is 6.23. The Balaban J connectivity index is 4.05. The van der Waals surface area contributed by atoms with E-state index in [1.807, 2.05) is 20.8 Å². The maximum atomic E-state index is 5.72.